The average molecular weight is 207 g/mol. The monoisotopic (exact) mass is 207 g/mol. The minimum absolute atomic E-state index is 0.412. The van der Waals surface area contributed by atoms with Crippen molar-refractivity contribution in [1.82, 2.24) is 15.2 Å². The van der Waals surface area contributed by atoms with E-state index in [1.165, 1.54) is 12.0 Å². The van der Waals surface area contributed by atoms with Gasteiger partial charge < -0.3 is 10.2 Å². The molecule has 0 spiro atoms. The van der Waals surface area contributed by atoms with Crippen molar-refractivity contribution in [2.75, 3.05) is 27.2 Å². The maximum Gasteiger partial charge on any atom is 0.0292 e. The Morgan fingerprint density at radius 2 is 2.00 bits per heavy atom. The highest BCUT2D eigenvalue weighted by molar-refractivity contribution is 5.13. The van der Waals surface area contributed by atoms with E-state index >= 15 is 0 Å². The SMILES string of the molecule is CC(NCCCN(C)C)c1ccncc1. The molecule has 1 N–H and O–H groups in total. The Labute approximate surface area is 92.5 Å². The smallest absolute Gasteiger partial charge is 0.0292 e. The Hall–Kier alpha value is -0.930. The van der Waals surface area contributed by atoms with E-state index in [1.807, 2.05) is 12.4 Å². The van der Waals surface area contributed by atoms with Crippen LogP contribution in [0.25, 0.3) is 0 Å². The van der Waals surface area contributed by atoms with Gasteiger partial charge in [-0.3, -0.25) is 4.98 Å². The van der Waals surface area contributed by atoms with Gasteiger partial charge in [0.1, 0.15) is 0 Å². The van der Waals surface area contributed by atoms with E-state index in [4.69, 9.17) is 0 Å². The molecule has 0 aliphatic heterocycles. The second-order valence-electron chi connectivity index (χ2n) is 4.11. The van der Waals surface area contributed by atoms with Gasteiger partial charge in [0.05, 0.1) is 0 Å². The maximum absolute atomic E-state index is 4.01. The number of pyridine rings is 1. The highest BCUT2D eigenvalue weighted by Crippen LogP contribution is 2.09. The number of nitrogens with zero attached hydrogens (tertiary/aromatic N) is 2. The Balaban J connectivity index is 2.22. The van der Waals surface area contributed by atoms with E-state index in [0.29, 0.717) is 6.04 Å². The zero-order chi connectivity index (χ0) is 11.1. The number of rotatable bonds is 6. The summed E-state index contributed by atoms with van der Waals surface area (Å²) in [6, 6.07) is 4.53. The van der Waals surface area contributed by atoms with Crippen LogP contribution in [0.3, 0.4) is 0 Å². The lowest BCUT2D eigenvalue weighted by atomic mass is 10.1. The van der Waals surface area contributed by atoms with Gasteiger partial charge in [-0.05, 0) is 58.2 Å². The van der Waals surface area contributed by atoms with Crippen LogP contribution in [0.5, 0.6) is 0 Å². The highest BCUT2D eigenvalue weighted by atomic mass is 15.1. The molecule has 0 saturated carbocycles. The first-order valence-corrected chi connectivity index (χ1v) is 5.48. The summed E-state index contributed by atoms with van der Waals surface area (Å²) >= 11 is 0. The molecule has 1 heterocycles. The summed E-state index contributed by atoms with van der Waals surface area (Å²) < 4.78 is 0. The van der Waals surface area contributed by atoms with Crippen LogP contribution in [0.1, 0.15) is 24.9 Å². The molecule has 1 rings (SSSR count). The number of aromatic nitrogens is 1. The van der Waals surface area contributed by atoms with Crippen molar-refractivity contribution in [3.63, 3.8) is 0 Å². The highest BCUT2D eigenvalue weighted by Gasteiger charge is 2.02. The van der Waals surface area contributed by atoms with Crippen molar-refractivity contribution in [1.29, 1.82) is 0 Å². The molecule has 15 heavy (non-hydrogen) atoms. The van der Waals surface area contributed by atoms with Gasteiger partial charge in [-0.15, -0.1) is 0 Å². The van der Waals surface area contributed by atoms with Gasteiger partial charge in [0.2, 0.25) is 0 Å². The first kappa shape index (κ1) is 12.1. The topological polar surface area (TPSA) is 28.2 Å². The molecule has 1 atom stereocenters. The summed E-state index contributed by atoms with van der Waals surface area (Å²) in [4.78, 5) is 6.22. The van der Waals surface area contributed by atoms with Gasteiger partial charge in [-0.25, -0.2) is 0 Å². The molecule has 0 aliphatic rings. The van der Waals surface area contributed by atoms with Crippen molar-refractivity contribution in [3.05, 3.63) is 30.1 Å². The molecule has 1 aromatic rings. The lowest BCUT2D eigenvalue weighted by Gasteiger charge is -2.15. The Kier molecular flexibility index (Phi) is 5.29. The fourth-order valence-corrected chi connectivity index (χ4v) is 1.48. The second kappa shape index (κ2) is 6.53. The van der Waals surface area contributed by atoms with Crippen molar-refractivity contribution in [2.24, 2.45) is 0 Å². The molecule has 3 heteroatoms. The molecule has 0 amide bonds. The molecular formula is C12H21N3. The van der Waals surface area contributed by atoms with Crippen LogP contribution in [0.15, 0.2) is 24.5 Å². The summed E-state index contributed by atoms with van der Waals surface area (Å²) in [7, 11) is 4.21. The fraction of sp³-hybridized carbons (Fsp3) is 0.583. The minimum atomic E-state index is 0.412. The molecule has 3 nitrogen and oxygen atoms in total. The standard InChI is InChI=1S/C12H21N3/c1-11(12-5-8-13-9-6-12)14-7-4-10-15(2)3/h5-6,8-9,11,14H,4,7,10H2,1-3H3. The molecule has 0 bridgehead atoms. The van der Waals surface area contributed by atoms with Crippen LogP contribution < -0.4 is 5.32 Å². The minimum Gasteiger partial charge on any atom is -0.310 e. The summed E-state index contributed by atoms with van der Waals surface area (Å²) in [6.07, 6.45) is 4.86. The van der Waals surface area contributed by atoms with Crippen LogP contribution in [0.4, 0.5) is 0 Å². The second-order valence-corrected chi connectivity index (χ2v) is 4.11. The van der Waals surface area contributed by atoms with Crippen molar-refractivity contribution in [2.45, 2.75) is 19.4 Å². The first-order valence-electron chi connectivity index (χ1n) is 5.48. The van der Waals surface area contributed by atoms with Crippen molar-refractivity contribution < 1.29 is 0 Å². The van der Waals surface area contributed by atoms with Gasteiger partial charge in [0.25, 0.3) is 0 Å². The van der Waals surface area contributed by atoms with Crippen LogP contribution in [0, 0.1) is 0 Å². The average Bonchev–Trinajstić information content (AvgIpc) is 2.25. The number of hydrogen-bond acceptors (Lipinski definition) is 3. The van der Waals surface area contributed by atoms with E-state index in [2.05, 4.69) is 48.4 Å². The van der Waals surface area contributed by atoms with Gasteiger partial charge >= 0.3 is 0 Å². The summed E-state index contributed by atoms with van der Waals surface area (Å²) in [5, 5.41) is 3.50. The van der Waals surface area contributed by atoms with E-state index in [9.17, 15) is 0 Å². The lowest BCUT2D eigenvalue weighted by molar-refractivity contribution is 0.389. The van der Waals surface area contributed by atoms with Gasteiger partial charge in [0, 0.05) is 18.4 Å². The van der Waals surface area contributed by atoms with Crippen LogP contribution in [0.2, 0.25) is 0 Å². The third-order valence-electron chi connectivity index (χ3n) is 2.44. The van der Waals surface area contributed by atoms with Crippen LogP contribution >= 0.6 is 0 Å². The molecule has 1 unspecified atom stereocenters. The molecule has 0 aromatic carbocycles. The van der Waals surface area contributed by atoms with E-state index in [0.717, 1.165) is 13.1 Å². The number of hydrogen-bond donors (Lipinski definition) is 1. The van der Waals surface area contributed by atoms with Gasteiger partial charge in [-0.2, -0.15) is 0 Å². The lowest BCUT2D eigenvalue weighted by Crippen LogP contribution is -2.23. The van der Waals surface area contributed by atoms with Crippen LogP contribution in [-0.4, -0.2) is 37.1 Å². The third-order valence-corrected chi connectivity index (χ3v) is 2.44. The Morgan fingerprint density at radius 3 is 2.60 bits per heavy atom. The van der Waals surface area contributed by atoms with Crippen molar-refractivity contribution in [3.8, 4) is 0 Å². The Bertz CT molecular complexity index is 259. The molecule has 0 fully saturated rings. The molecule has 84 valence electrons. The zero-order valence-electron chi connectivity index (χ0n) is 9.90. The first-order chi connectivity index (χ1) is 7.20. The molecule has 0 aliphatic carbocycles. The number of nitrogens with one attached hydrogen (secondary N) is 1. The summed E-state index contributed by atoms with van der Waals surface area (Å²) in [5.41, 5.74) is 1.30. The largest absolute Gasteiger partial charge is 0.310 e. The van der Waals surface area contributed by atoms with E-state index in [-0.39, 0.29) is 0 Å². The fourth-order valence-electron chi connectivity index (χ4n) is 1.48. The summed E-state index contributed by atoms with van der Waals surface area (Å²) in [5.74, 6) is 0. The van der Waals surface area contributed by atoms with Gasteiger partial charge in [-0.1, -0.05) is 0 Å². The Morgan fingerprint density at radius 1 is 1.33 bits per heavy atom. The predicted octanol–water partition coefficient (Wildman–Crippen LogP) is 1.68. The molecular weight excluding hydrogens is 186 g/mol. The van der Waals surface area contributed by atoms with Crippen LogP contribution in [-0.2, 0) is 0 Å². The summed E-state index contributed by atoms with van der Waals surface area (Å²) in [6.45, 7) is 4.38. The third kappa shape index (κ3) is 4.91. The quantitative estimate of drug-likeness (QED) is 0.719. The van der Waals surface area contributed by atoms with E-state index < -0.39 is 0 Å². The molecule has 0 saturated heterocycles. The van der Waals surface area contributed by atoms with E-state index in [1.54, 1.807) is 0 Å². The molecule has 0 radical (unpaired) electrons. The van der Waals surface area contributed by atoms with Crippen molar-refractivity contribution >= 4 is 0 Å². The maximum atomic E-state index is 4.01. The zero-order valence-corrected chi connectivity index (χ0v) is 9.90. The normalized spacial score (nSPS) is 13.1. The molecule has 1 aromatic heterocycles. The van der Waals surface area contributed by atoms with Gasteiger partial charge in [0.15, 0.2) is 0 Å². The predicted molar refractivity (Wildman–Crippen MR) is 63.8 cm³/mol.